The maximum absolute atomic E-state index is 13.6. The van der Waals surface area contributed by atoms with Gasteiger partial charge in [-0.2, -0.15) is 0 Å². The van der Waals surface area contributed by atoms with Gasteiger partial charge in [0.25, 0.3) is 11.7 Å². The highest BCUT2D eigenvalue weighted by molar-refractivity contribution is 6.46. The van der Waals surface area contributed by atoms with E-state index in [0.717, 1.165) is 5.56 Å². The predicted octanol–water partition coefficient (Wildman–Crippen LogP) is 5.10. The third kappa shape index (κ3) is 4.85. The molecule has 200 valence electrons. The van der Waals surface area contributed by atoms with Crippen molar-refractivity contribution in [1.29, 1.82) is 0 Å². The van der Waals surface area contributed by atoms with E-state index in [9.17, 15) is 14.7 Å². The number of amides is 1. The number of aromatic nitrogens is 2. The molecular formula is C31H31N3O5. The second-order valence-electron chi connectivity index (χ2n) is 9.27. The fraction of sp³-hybridized carbons (Fsp3) is 0.258. The van der Waals surface area contributed by atoms with Crippen LogP contribution in [0, 0.1) is 6.92 Å². The number of imidazole rings is 1. The van der Waals surface area contributed by atoms with Crippen molar-refractivity contribution < 1.29 is 24.2 Å². The molecule has 1 fully saturated rings. The number of pyridine rings is 1. The van der Waals surface area contributed by atoms with Crippen molar-refractivity contribution in [3.63, 3.8) is 0 Å². The third-order valence-corrected chi connectivity index (χ3v) is 6.84. The molecule has 1 saturated heterocycles. The van der Waals surface area contributed by atoms with E-state index in [2.05, 4.69) is 4.98 Å². The van der Waals surface area contributed by atoms with Gasteiger partial charge in [-0.25, -0.2) is 4.98 Å². The average Bonchev–Trinajstić information content (AvgIpc) is 3.41. The van der Waals surface area contributed by atoms with Crippen LogP contribution in [0.4, 0.5) is 0 Å². The first-order valence-electron chi connectivity index (χ1n) is 13.1. The van der Waals surface area contributed by atoms with Gasteiger partial charge < -0.3 is 19.5 Å². The van der Waals surface area contributed by atoms with Gasteiger partial charge in [-0.05, 0) is 62.6 Å². The Hall–Kier alpha value is -4.59. The van der Waals surface area contributed by atoms with Gasteiger partial charge in [-0.15, -0.1) is 0 Å². The molecule has 1 amide bonds. The number of hydrogen-bond acceptors (Lipinski definition) is 6. The molecule has 0 saturated carbocycles. The highest BCUT2D eigenvalue weighted by atomic mass is 16.5. The van der Waals surface area contributed by atoms with E-state index in [1.165, 1.54) is 4.90 Å². The summed E-state index contributed by atoms with van der Waals surface area (Å²) in [4.78, 5) is 33.1. The van der Waals surface area contributed by atoms with Crippen molar-refractivity contribution in [2.75, 3.05) is 19.8 Å². The van der Waals surface area contributed by atoms with E-state index in [0.29, 0.717) is 60.3 Å². The first-order valence-corrected chi connectivity index (χ1v) is 13.1. The molecule has 0 spiro atoms. The first kappa shape index (κ1) is 26.0. The van der Waals surface area contributed by atoms with E-state index in [1.807, 2.05) is 68.4 Å². The number of nitrogens with zero attached hydrogens (tertiary/aromatic N) is 3. The lowest BCUT2D eigenvalue weighted by atomic mass is 9.95. The minimum Gasteiger partial charge on any atom is -0.505 e. The summed E-state index contributed by atoms with van der Waals surface area (Å²) < 4.78 is 13.3. The van der Waals surface area contributed by atoms with Crippen LogP contribution in [0.25, 0.3) is 11.4 Å². The zero-order valence-corrected chi connectivity index (χ0v) is 22.3. The summed E-state index contributed by atoms with van der Waals surface area (Å²) in [6.45, 7) is 6.70. The Bertz CT molecular complexity index is 1560. The molecule has 1 aliphatic heterocycles. The van der Waals surface area contributed by atoms with E-state index in [-0.39, 0.29) is 11.3 Å². The number of benzene rings is 2. The Balaban J connectivity index is 1.67. The Kier molecular flexibility index (Phi) is 7.36. The van der Waals surface area contributed by atoms with Crippen LogP contribution in [0.15, 0.2) is 78.5 Å². The second-order valence-corrected chi connectivity index (χ2v) is 9.27. The average molecular weight is 526 g/mol. The van der Waals surface area contributed by atoms with E-state index >= 15 is 0 Å². The minimum atomic E-state index is -0.822. The van der Waals surface area contributed by atoms with Gasteiger partial charge in [0.05, 0.1) is 30.5 Å². The molecule has 8 nitrogen and oxygen atoms in total. The molecule has 39 heavy (non-hydrogen) atoms. The van der Waals surface area contributed by atoms with Crippen LogP contribution >= 0.6 is 0 Å². The van der Waals surface area contributed by atoms with Crippen LogP contribution in [-0.2, 0) is 16.0 Å². The number of rotatable bonds is 9. The number of likely N-dealkylation sites (tertiary alicyclic amines) is 1. The molecule has 0 radical (unpaired) electrons. The van der Waals surface area contributed by atoms with Crippen LogP contribution in [0.5, 0.6) is 11.5 Å². The lowest BCUT2D eigenvalue weighted by Gasteiger charge is -2.26. The molecule has 8 heteroatoms. The molecule has 5 rings (SSSR count). The summed E-state index contributed by atoms with van der Waals surface area (Å²) >= 11 is 0. The molecule has 3 heterocycles. The number of Topliss-reactive ketones (excluding diaryl/α,β-unsaturated/α-hetero) is 1. The van der Waals surface area contributed by atoms with Gasteiger partial charge >= 0.3 is 0 Å². The second kappa shape index (κ2) is 11.0. The van der Waals surface area contributed by atoms with Crippen molar-refractivity contribution in [3.05, 3.63) is 101 Å². The van der Waals surface area contributed by atoms with Crippen LogP contribution in [0.2, 0.25) is 0 Å². The smallest absolute Gasteiger partial charge is 0.295 e. The van der Waals surface area contributed by atoms with Crippen molar-refractivity contribution in [2.24, 2.45) is 0 Å². The number of aliphatic hydroxyl groups is 1. The molecule has 1 N–H and O–H groups in total. The molecule has 1 atom stereocenters. The van der Waals surface area contributed by atoms with Crippen molar-refractivity contribution >= 4 is 23.1 Å². The molecule has 0 bridgehead atoms. The third-order valence-electron chi connectivity index (χ3n) is 6.84. The van der Waals surface area contributed by atoms with Crippen molar-refractivity contribution in [3.8, 4) is 11.5 Å². The van der Waals surface area contributed by atoms with E-state index < -0.39 is 17.7 Å². The summed E-state index contributed by atoms with van der Waals surface area (Å²) in [6.07, 6.45) is 2.32. The Labute approximate surface area is 227 Å². The number of aliphatic hydroxyl groups excluding tert-OH is 1. The lowest BCUT2D eigenvalue weighted by molar-refractivity contribution is -0.139. The molecule has 2 aromatic heterocycles. The highest BCUT2D eigenvalue weighted by Crippen LogP contribution is 2.42. The minimum absolute atomic E-state index is 0.0217. The SMILES string of the molecule is CCOc1ccc(C2C(=C(O)c3c(C)nc4ccccn34)C(=O)C(=O)N2CCc2ccccc2)cc1OCC. The molecule has 0 aliphatic carbocycles. The maximum Gasteiger partial charge on any atom is 0.295 e. The zero-order valence-electron chi connectivity index (χ0n) is 22.3. The summed E-state index contributed by atoms with van der Waals surface area (Å²) in [5.41, 5.74) is 3.27. The summed E-state index contributed by atoms with van der Waals surface area (Å²) in [7, 11) is 0. The quantitative estimate of drug-likeness (QED) is 0.186. The predicted molar refractivity (Wildman–Crippen MR) is 148 cm³/mol. The Morgan fingerprint density at radius 3 is 2.41 bits per heavy atom. The fourth-order valence-corrected chi connectivity index (χ4v) is 5.12. The fourth-order valence-electron chi connectivity index (χ4n) is 5.12. The van der Waals surface area contributed by atoms with Crippen molar-refractivity contribution in [2.45, 2.75) is 33.2 Å². The molecule has 2 aromatic carbocycles. The molecule has 1 unspecified atom stereocenters. The first-order chi connectivity index (χ1) is 18.9. The normalized spacial score (nSPS) is 16.7. The number of ether oxygens (including phenoxy) is 2. The van der Waals surface area contributed by atoms with Gasteiger partial charge in [0, 0.05) is 12.7 Å². The van der Waals surface area contributed by atoms with Crippen LogP contribution < -0.4 is 9.47 Å². The topological polar surface area (TPSA) is 93.4 Å². The lowest BCUT2D eigenvalue weighted by Crippen LogP contribution is -2.31. The van der Waals surface area contributed by atoms with E-state index in [1.54, 1.807) is 29.7 Å². The maximum atomic E-state index is 13.6. The van der Waals surface area contributed by atoms with Gasteiger partial charge in [-0.1, -0.05) is 42.5 Å². The Morgan fingerprint density at radius 1 is 0.949 bits per heavy atom. The summed E-state index contributed by atoms with van der Waals surface area (Å²) in [5, 5.41) is 11.7. The van der Waals surface area contributed by atoms with Crippen LogP contribution in [0.1, 0.15) is 42.4 Å². The van der Waals surface area contributed by atoms with Gasteiger partial charge in [0.1, 0.15) is 11.3 Å². The standard InChI is InChI=1S/C31H31N3O5/c1-4-38-23-15-14-22(19-24(23)39-5-2)28-26(29(35)27-20(3)32-25-13-9-10-17-33(25)27)30(36)31(37)34(28)18-16-21-11-7-6-8-12-21/h6-15,17,19,28,35H,4-5,16,18H2,1-3H3. The number of aryl methyl sites for hydroxylation is 1. The highest BCUT2D eigenvalue weighted by Gasteiger charge is 2.46. The van der Waals surface area contributed by atoms with Crippen LogP contribution in [-0.4, -0.2) is 50.8 Å². The van der Waals surface area contributed by atoms with Gasteiger partial charge in [0.2, 0.25) is 0 Å². The monoisotopic (exact) mass is 525 g/mol. The largest absolute Gasteiger partial charge is 0.505 e. The number of carbonyl (C=O) groups is 2. The number of fused-ring (bicyclic) bond motifs is 1. The number of carbonyl (C=O) groups excluding carboxylic acids is 2. The van der Waals surface area contributed by atoms with Crippen molar-refractivity contribution in [1.82, 2.24) is 14.3 Å². The molecule has 4 aromatic rings. The van der Waals surface area contributed by atoms with E-state index in [4.69, 9.17) is 9.47 Å². The number of hydrogen-bond donors (Lipinski definition) is 1. The van der Waals surface area contributed by atoms with Crippen LogP contribution in [0.3, 0.4) is 0 Å². The molecule has 1 aliphatic rings. The summed E-state index contributed by atoms with van der Waals surface area (Å²) in [5.74, 6) is -0.569. The summed E-state index contributed by atoms with van der Waals surface area (Å²) in [6, 6.07) is 19.8. The van der Waals surface area contributed by atoms with Gasteiger partial charge in [-0.3, -0.25) is 14.0 Å². The molecular weight excluding hydrogens is 494 g/mol. The zero-order chi connectivity index (χ0) is 27.5. The number of ketones is 1. The Morgan fingerprint density at radius 2 is 1.67 bits per heavy atom. The van der Waals surface area contributed by atoms with Gasteiger partial charge in [0.15, 0.2) is 17.3 Å².